The van der Waals surface area contributed by atoms with Crippen LogP contribution >= 0.6 is 0 Å². The number of nitrogens with zero attached hydrogens (tertiary/aromatic N) is 2. The van der Waals surface area contributed by atoms with E-state index in [-0.39, 0.29) is 18.0 Å². The van der Waals surface area contributed by atoms with Gasteiger partial charge in [-0.05, 0) is 18.9 Å². The molecule has 2 aliphatic heterocycles. The normalized spacial score (nSPS) is 24.0. The molecule has 0 aromatic heterocycles. The minimum Gasteiger partial charge on any atom is -0.379 e. The molecule has 126 valence electrons. The Hall–Kier alpha value is -1.43. The van der Waals surface area contributed by atoms with E-state index >= 15 is 0 Å². The van der Waals surface area contributed by atoms with Crippen LogP contribution in [0.15, 0.2) is 30.3 Å². The number of hydrogen-bond donors (Lipinski definition) is 1. The molecule has 2 atom stereocenters. The Bertz CT molecular complexity index is 502. The molecule has 0 spiro atoms. The number of carbonyl (C=O) groups excluding carboxylic acids is 1. The van der Waals surface area contributed by atoms with E-state index in [0.29, 0.717) is 0 Å². The Morgan fingerprint density at radius 1 is 1.26 bits per heavy atom. The molecular weight excluding hydrogens is 290 g/mol. The van der Waals surface area contributed by atoms with E-state index in [1.165, 1.54) is 5.56 Å². The third-order valence-electron chi connectivity index (χ3n) is 4.69. The molecule has 23 heavy (non-hydrogen) atoms. The van der Waals surface area contributed by atoms with Crippen LogP contribution in [0.4, 0.5) is 0 Å². The summed E-state index contributed by atoms with van der Waals surface area (Å²) in [5.41, 5.74) is 1.27. The minimum atomic E-state index is 0.0299. The van der Waals surface area contributed by atoms with Crippen molar-refractivity contribution >= 4 is 5.91 Å². The van der Waals surface area contributed by atoms with Crippen molar-refractivity contribution in [3.05, 3.63) is 35.9 Å². The number of nitrogens with one attached hydrogen (secondary N) is 1. The van der Waals surface area contributed by atoms with Gasteiger partial charge in [-0.15, -0.1) is 0 Å². The molecule has 1 aromatic rings. The van der Waals surface area contributed by atoms with Crippen LogP contribution in [0.3, 0.4) is 0 Å². The Morgan fingerprint density at radius 2 is 2.00 bits per heavy atom. The van der Waals surface area contributed by atoms with Crippen molar-refractivity contribution in [1.29, 1.82) is 0 Å². The lowest BCUT2D eigenvalue weighted by Crippen LogP contribution is -2.58. The SMILES string of the molecule is C[C@H](CN1CCOCC1)NC(=O)[C@@H]1CCN1Cc1ccccc1. The largest absolute Gasteiger partial charge is 0.379 e. The number of rotatable bonds is 6. The molecule has 2 heterocycles. The molecule has 0 aliphatic carbocycles. The van der Waals surface area contributed by atoms with Crippen LogP contribution in [-0.2, 0) is 16.1 Å². The van der Waals surface area contributed by atoms with Crippen molar-refractivity contribution in [1.82, 2.24) is 15.1 Å². The van der Waals surface area contributed by atoms with E-state index in [1.54, 1.807) is 0 Å². The van der Waals surface area contributed by atoms with Crippen molar-refractivity contribution in [3.8, 4) is 0 Å². The highest BCUT2D eigenvalue weighted by Crippen LogP contribution is 2.20. The molecule has 1 aromatic carbocycles. The van der Waals surface area contributed by atoms with Gasteiger partial charge in [0, 0.05) is 38.8 Å². The van der Waals surface area contributed by atoms with Gasteiger partial charge in [0.1, 0.15) is 0 Å². The number of carbonyl (C=O) groups is 1. The van der Waals surface area contributed by atoms with Crippen molar-refractivity contribution in [2.75, 3.05) is 39.4 Å². The Balaban J connectivity index is 1.44. The molecule has 5 heteroatoms. The fraction of sp³-hybridized carbons (Fsp3) is 0.611. The Kier molecular flexibility index (Phi) is 5.65. The smallest absolute Gasteiger partial charge is 0.237 e. The second-order valence-corrected chi connectivity index (χ2v) is 6.58. The predicted octanol–water partition coefficient (Wildman–Crippen LogP) is 1.10. The number of benzene rings is 1. The molecule has 0 bridgehead atoms. The summed E-state index contributed by atoms with van der Waals surface area (Å²) in [6.07, 6.45) is 0.961. The van der Waals surface area contributed by atoms with Gasteiger partial charge < -0.3 is 10.1 Å². The number of amides is 1. The molecular formula is C18H27N3O2. The number of likely N-dealkylation sites (tertiary alicyclic amines) is 1. The molecule has 0 saturated carbocycles. The van der Waals surface area contributed by atoms with Crippen LogP contribution in [-0.4, -0.2) is 67.2 Å². The number of ether oxygens (including phenoxy) is 1. The standard InChI is InChI=1S/C18H27N3O2/c1-15(13-20-9-11-23-12-10-20)19-18(22)17-7-8-21(17)14-16-5-3-2-4-6-16/h2-6,15,17H,7-14H2,1H3,(H,19,22)/t15-,17+/m1/s1. The summed E-state index contributed by atoms with van der Waals surface area (Å²) in [5.74, 6) is 0.174. The average molecular weight is 317 g/mol. The Morgan fingerprint density at radius 3 is 2.65 bits per heavy atom. The predicted molar refractivity (Wildman–Crippen MR) is 90.1 cm³/mol. The summed E-state index contributed by atoms with van der Waals surface area (Å²) in [5, 5.41) is 3.18. The highest BCUT2D eigenvalue weighted by Gasteiger charge is 2.34. The van der Waals surface area contributed by atoms with E-state index in [4.69, 9.17) is 4.74 Å². The molecule has 0 radical (unpaired) electrons. The fourth-order valence-electron chi connectivity index (χ4n) is 3.30. The van der Waals surface area contributed by atoms with Crippen molar-refractivity contribution in [3.63, 3.8) is 0 Å². The maximum atomic E-state index is 12.5. The van der Waals surface area contributed by atoms with Crippen LogP contribution in [0, 0.1) is 0 Å². The first-order valence-corrected chi connectivity index (χ1v) is 8.61. The van der Waals surface area contributed by atoms with Crippen molar-refractivity contribution in [2.45, 2.75) is 32.0 Å². The van der Waals surface area contributed by atoms with Crippen LogP contribution in [0.2, 0.25) is 0 Å². The zero-order chi connectivity index (χ0) is 16.1. The molecule has 1 amide bonds. The van der Waals surface area contributed by atoms with Crippen molar-refractivity contribution in [2.24, 2.45) is 0 Å². The van der Waals surface area contributed by atoms with Gasteiger partial charge in [0.05, 0.1) is 19.3 Å². The van der Waals surface area contributed by atoms with Crippen LogP contribution in [0.5, 0.6) is 0 Å². The topological polar surface area (TPSA) is 44.8 Å². The second kappa shape index (κ2) is 7.90. The van der Waals surface area contributed by atoms with Crippen LogP contribution in [0.1, 0.15) is 18.9 Å². The maximum Gasteiger partial charge on any atom is 0.237 e. The lowest BCUT2D eigenvalue weighted by atomic mass is 10.0. The summed E-state index contributed by atoms with van der Waals surface area (Å²) in [7, 11) is 0. The van der Waals surface area contributed by atoms with Gasteiger partial charge in [-0.25, -0.2) is 0 Å². The molecule has 3 rings (SSSR count). The molecule has 0 unspecified atom stereocenters. The molecule has 1 N–H and O–H groups in total. The van der Waals surface area contributed by atoms with E-state index in [9.17, 15) is 4.79 Å². The molecule has 2 saturated heterocycles. The molecule has 2 fully saturated rings. The maximum absolute atomic E-state index is 12.5. The lowest BCUT2D eigenvalue weighted by molar-refractivity contribution is -0.132. The zero-order valence-electron chi connectivity index (χ0n) is 13.9. The van der Waals surface area contributed by atoms with Gasteiger partial charge in [-0.3, -0.25) is 14.6 Å². The third-order valence-corrected chi connectivity index (χ3v) is 4.69. The van der Waals surface area contributed by atoms with E-state index in [2.05, 4.69) is 46.3 Å². The average Bonchev–Trinajstić information content (AvgIpc) is 2.53. The van der Waals surface area contributed by atoms with Gasteiger partial charge in [0.25, 0.3) is 0 Å². The first kappa shape index (κ1) is 16.4. The first-order valence-electron chi connectivity index (χ1n) is 8.61. The lowest BCUT2D eigenvalue weighted by Gasteiger charge is -2.40. The van der Waals surface area contributed by atoms with E-state index < -0.39 is 0 Å². The van der Waals surface area contributed by atoms with E-state index in [0.717, 1.165) is 52.4 Å². The highest BCUT2D eigenvalue weighted by atomic mass is 16.5. The summed E-state index contributed by atoms with van der Waals surface area (Å²) in [6, 6.07) is 10.6. The fourth-order valence-corrected chi connectivity index (χ4v) is 3.30. The number of hydrogen-bond acceptors (Lipinski definition) is 4. The van der Waals surface area contributed by atoms with E-state index in [1.807, 2.05) is 6.07 Å². The first-order chi connectivity index (χ1) is 11.2. The zero-order valence-corrected chi connectivity index (χ0v) is 13.9. The van der Waals surface area contributed by atoms with Crippen molar-refractivity contribution < 1.29 is 9.53 Å². The summed E-state index contributed by atoms with van der Waals surface area (Å²) in [4.78, 5) is 17.1. The minimum absolute atomic E-state index is 0.0299. The number of morpholine rings is 1. The van der Waals surface area contributed by atoms with Gasteiger partial charge in [0.15, 0.2) is 0 Å². The second-order valence-electron chi connectivity index (χ2n) is 6.58. The summed E-state index contributed by atoms with van der Waals surface area (Å²) in [6.45, 7) is 8.38. The van der Waals surface area contributed by atoms with Crippen LogP contribution < -0.4 is 5.32 Å². The summed E-state index contributed by atoms with van der Waals surface area (Å²) >= 11 is 0. The van der Waals surface area contributed by atoms with Gasteiger partial charge >= 0.3 is 0 Å². The monoisotopic (exact) mass is 317 g/mol. The summed E-state index contributed by atoms with van der Waals surface area (Å²) < 4.78 is 5.36. The van der Waals surface area contributed by atoms with Gasteiger partial charge in [-0.2, -0.15) is 0 Å². The van der Waals surface area contributed by atoms with Gasteiger partial charge in [0.2, 0.25) is 5.91 Å². The molecule has 5 nitrogen and oxygen atoms in total. The Labute approximate surface area is 138 Å². The molecule has 2 aliphatic rings. The van der Waals surface area contributed by atoms with Gasteiger partial charge in [-0.1, -0.05) is 30.3 Å². The third kappa shape index (κ3) is 4.53. The highest BCUT2D eigenvalue weighted by molar-refractivity contribution is 5.82. The quantitative estimate of drug-likeness (QED) is 0.853. The van der Waals surface area contributed by atoms with Crippen LogP contribution in [0.25, 0.3) is 0 Å².